The number of hydrogen-bond acceptors (Lipinski definition) is 16. The molecule has 220 valence electrons. The minimum Gasteiger partial charge on any atom is -0.456 e. The molecule has 0 amide bonds. The minimum atomic E-state index is -1.84. The summed E-state index contributed by atoms with van der Waals surface area (Å²) in [6, 6.07) is 0. The number of ether oxygens (including phenoxy) is 9. The van der Waals surface area contributed by atoms with Crippen LogP contribution in [0.25, 0.3) is 0 Å². The quantitative estimate of drug-likeness (QED) is 0.254. The highest BCUT2D eigenvalue weighted by Crippen LogP contribution is 2.30. The number of aliphatic hydroxyl groups is 1. The molecule has 0 spiro atoms. The maximum atomic E-state index is 11.8. The van der Waals surface area contributed by atoms with Crippen LogP contribution in [0.5, 0.6) is 0 Å². The molecular weight excluding hydrogens is 532 g/mol. The van der Waals surface area contributed by atoms with Gasteiger partial charge in [0.25, 0.3) is 0 Å². The van der Waals surface area contributed by atoms with Crippen molar-refractivity contribution in [1.29, 1.82) is 0 Å². The van der Waals surface area contributed by atoms with E-state index < -0.39 is 97.7 Å². The molecule has 0 aliphatic carbocycles. The second-order valence-corrected chi connectivity index (χ2v) is 8.62. The van der Waals surface area contributed by atoms with Crippen LogP contribution in [0.3, 0.4) is 0 Å². The molecule has 0 aromatic heterocycles. The molecule has 16 heteroatoms. The van der Waals surface area contributed by atoms with Crippen LogP contribution in [0.4, 0.5) is 0 Å². The van der Waals surface area contributed by atoms with Crippen LogP contribution in [-0.4, -0.2) is 109 Å². The van der Waals surface area contributed by atoms with Crippen LogP contribution in [0, 0.1) is 0 Å². The highest BCUT2D eigenvalue weighted by atomic mass is 16.7. The Balaban J connectivity index is 2.32. The van der Waals surface area contributed by atoms with Crippen molar-refractivity contribution < 1.29 is 76.5 Å². The van der Waals surface area contributed by atoms with Gasteiger partial charge in [0, 0.05) is 41.5 Å². The zero-order valence-electron chi connectivity index (χ0n) is 22.2. The third-order valence-corrected chi connectivity index (χ3v) is 5.24. The van der Waals surface area contributed by atoms with E-state index >= 15 is 0 Å². The highest BCUT2D eigenvalue weighted by molar-refractivity contribution is 5.69. The van der Waals surface area contributed by atoms with Gasteiger partial charge in [-0.3, -0.25) is 28.8 Å². The van der Waals surface area contributed by atoms with Gasteiger partial charge in [0.05, 0.1) is 13.2 Å². The average Bonchev–Trinajstić information content (AvgIpc) is 2.78. The molecule has 2 saturated heterocycles. The van der Waals surface area contributed by atoms with Crippen LogP contribution in [0.1, 0.15) is 41.5 Å². The molecule has 1 N–H and O–H groups in total. The zero-order chi connectivity index (χ0) is 29.4. The van der Waals surface area contributed by atoms with Crippen molar-refractivity contribution in [3.05, 3.63) is 0 Å². The van der Waals surface area contributed by atoms with E-state index in [1.165, 1.54) is 0 Å². The Labute approximate surface area is 223 Å². The van der Waals surface area contributed by atoms with Crippen molar-refractivity contribution >= 4 is 35.8 Å². The summed E-state index contributed by atoms with van der Waals surface area (Å²) in [6.45, 7) is 5.60. The number of esters is 6. The molecule has 2 aliphatic rings. The number of hydrogen-bond donors (Lipinski definition) is 1. The highest BCUT2D eigenvalue weighted by Gasteiger charge is 2.53. The van der Waals surface area contributed by atoms with Gasteiger partial charge < -0.3 is 47.7 Å². The molecule has 2 aliphatic heterocycles. The molecule has 39 heavy (non-hydrogen) atoms. The predicted octanol–water partition coefficient (Wildman–Crippen LogP) is -1.33. The van der Waals surface area contributed by atoms with E-state index in [0.717, 1.165) is 41.5 Å². The Morgan fingerprint density at radius 1 is 0.615 bits per heavy atom. The molecule has 0 unspecified atom stereocenters. The van der Waals surface area contributed by atoms with E-state index in [1.54, 1.807) is 0 Å². The average molecular weight is 564 g/mol. The van der Waals surface area contributed by atoms with E-state index in [1.807, 2.05) is 0 Å². The molecule has 0 aromatic rings. The Bertz CT molecular complexity index is 933. The zero-order valence-corrected chi connectivity index (χ0v) is 22.2. The maximum absolute atomic E-state index is 11.8. The molecule has 2 heterocycles. The Morgan fingerprint density at radius 2 is 1.05 bits per heavy atom. The van der Waals surface area contributed by atoms with Gasteiger partial charge in [-0.25, -0.2) is 0 Å². The first-order valence-corrected chi connectivity index (χ1v) is 11.8. The molecule has 0 bridgehead atoms. The van der Waals surface area contributed by atoms with Crippen molar-refractivity contribution in [1.82, 2.24) is 0 Å². The normalized spacial score (nSPS) is 32.2. The van der Waals surface area contributed by atoms with Crippen LogP contribution >= 0.6 is 0 Å². The van der Waals surface area contributed by atoms with Crippen molar-refractivity contribution in [2.75, 3.05) is 13.2 Å². The first-order chi connectivity index (χ1) is 18.2. The van der Waals surface area contributed by atoms with Crippen molar-refractivity contribution in [3.63, 3.8) is 0 Å². The molecule has 0 radical (unpaired) electrons. The van der Waals surface area contributed by atoms with E-state index in [9.17, 15) is 33.9 Å². The van der Waals surface area contributed by atoms with Crippen LogP contribution in [0.15, 0.2) is 0 Å². The summed E-state index contributed by atoms with van der Waals surface area (Å²) in [7, 11) is 0. The molecule has 2 fully saturated rings. The van der Waals surface area contributed by atoms with E-state index in [2.05, 4.69) is 0 Å². The summed E-state index contributed by atoms with van der Waals surface area (Å²) in [5, 5.41) is 10.5. The molecular formula is C23H32O16. The van der Waals surface area contributed by atoms with Crippen molar-refractivity contribution in [3.8, 4) is 0 Å². The largest absolute Gasteiger partial charge is 0.456 e. The summed E-state index contributed by atoms with van der Waals surface area (Å²) in [5.41, 5.74) is 0. The van der Waals surface area contributed by atoms with E-state index in [4.69, 9.17) is 42.6 Å². The molecule has 16 nitrogen and oxygen atoms in total. The fraction of sp³-hybridized carbons (Fsp3) is 0.739. The first kappa shape index (κ1) is 31.9. The monoisotopic (exact) mass is 564 g/mol. The lowest BCUT2D eigenvalue weighted by atomic mass is 9.98. The van der Waals surface area contributed by atoms with Gasteiger partial charge in [-0.2, -0.15) is 0 Å². The summed E-state index contributed by atoms with van der Waals surface area (Å²) in [6.07, 6.45) is -13.0. The predicted molar refractivity (Wildman–Crippen MR) is 120 cm³/mol. The summed E-state index contributed by atoms with van der Waals surface area (Å²) >= 11 is 0. The summed E-state index contributed by atoms with van der Waals surface area (Å²) in [5.74, 6) is -4.79. The smallest absolute Gasteiger partial charge is 0.303 e. The Kier molecular flexibility index (Phi) is 11.6. The fourth-order valence-electron chi connectivity index (χ4n) is 4.05. The fourth-order valence-corrected chi connectivity index (χ4v) is 4.05. The second-order valence-electron chi connectivity index (χ2n) is 8.62. The lowest BCUT2D eigenvalue weighted by Crippen LogP contribution is -2.63. The van der Waals surface area contributed by atoms with Crippen LogP contribution in [-0.2, 0) is 71.4 Å². The molecule has 2 rings (SSSR count). The Hall–Kier alpha value is -3.34. The number of aliphatic hydroxyl groups excluding tert-OH is 1. The molecule has 0 saturated carbocycles. The topological polar surface area (TPSA) is 206 Å². The number of rotatable bonds is 9. The lowest BCUT2D eigenvalue weighted by Gasteiger charge is -2.44. The van der Waals surface area contributed by atoms with Gasteiger partial charge in [0.2, 0.25) is 0 Å². The van der Waals surface area contributed by atoms with Gasteiger partial charge in [-0.05, 0) is 0 Å². The summed E-state index contributed by atoms with van der Waals surface area (Å²) in [4.78, 5) is 70.3. The number of carbonyl (C=O) groups excluding carboxylic acids is 6. The first-order valence-electron chi connectivity index (χ1n) is 11.8. The maximum Gasteiger partial charge on any atom is 0.303 e. The van der Waals surface area contributed by atoms with Gasteiger partial charge in [-0.15, -0.1) is 0 Å². The van der Waals surface area contributed by atoms with Gasteiger partial charge in [0.15, 0.2) is 49.2 Å². The van der Waals surface area contributed by atoms with Crippen LogP contribution in [0.2, 0.25) is 0 Å². The van der Waals surface area contributed by atoms with Gasteiger partial charge in [0.1, 0.15) is 6.10 Å². The number of carbonyl (C=O) groups is 6. The van der Waals surface area contributed by atoms with Gasteiger partial charge >= 0.3 is 35.8 Å². The van der Waals surface area contributed by atoms with Crippen molar-refractivity contribution in [2.45, 2.75) is 96.9 Å². The van der Waals surface area contributed by atoms with Crippen molar-refractivity contribution in [2.24, 2.45) is 0 Å². The van der Waals surface area contributed by atoms with E-state index in [0.29, 0.717) is 0 Å². The minimum absolute atomic E-state index is 0.327. The molecule has 0 aromatic carbocycles. The lowest BCUT2D eigenvalue weighted by molar-refractivity contribution is -0.317. The third kappa shape index (κ3) is 9.42. The third-order valence-electron chi connectivity index (χ3n) is 5.24. The standard InChI is InChI=1S/C23H32O16/c1-9(24)33-15-7-31-23(21(38-14(6)29)18(15)35-11(3)26)32-8-16-17(34-10(2)25)19(36-12(4)27)20(22(30)39-16)37-13(5)28/h15-23,30H,7-8H2,1-6H3/t15-,16-,17-,18+,19+,20-,21-,22-,23+/m1/s1. The van der Waals surface area contributed by atoms with E-state index in [-0.39, 0.29) is 6.61 Å². The summed E-state index contributed by atoms with van der Waals surface area (Å²) < 4.78 is 47.9. The second kappa shape index (κ2) is 14.2. The van der Waals surface area contributed by atoms with Crippen LogP contribution < -0.4 is 0 Å². The molecule has 9 atom stereocenters. The SMILES string of the molecule is CC(=O)O[C@@H]1[C@@H](OC(C)=O)[C@H](O)O[C@H](CO[C@@H]2OC[C@@H](OC(C)=O)[C@H](OC(C)=O)[C@H]2OC(C)=O)[C@H]1OC(C)=O. The van der Waals surface area contributed by atoms with Gasteiger partial charge in [-0.1, -0.05) is 0 Å². The Morgan fingerprint density at radius 3 is 1.56 bits per heavy atom.